The van der Waals surface area contributed by atoms with Crippen LogP contribution in [0.4, 0.5) is 29.3 Å². The van der Waals surface area contributed by atoms with Gasteiger partial charge < -0.3 is 29.7 Å². The predicted octanol–water partition coefficient (Wildman–Crippen LogP) is 11.4. The number of rotatable bonds is 16. The van der Waals surface area contributed by atoms with Gasteiger partial charge in [-0.05, 0) is 159 Å². The highest BCUT2D eigenvalue weighted by atomic mass is 32.2. The summed E-state index contributed by atoms with van der Waals surface area (Å²) < 4.78 is 79.4. The van der Waals surface area contributed by atoms with Crippen LogP contribution in [-0.4, -0.2) is 80.6 Å². The number of esters is 1. The maximum atomic E-state index is 12.7. The molecule has 0 bridgehead atoms. The van der Waals surface area contributed by atoms with Crippen LogP contribution in [0.25, 0.3) is 0 Å². The van der Waals surface area contributed by atoms with Gasteiger partial charge >= 0.3 is 18.4 Å². The van der Waals surface area contributed by atoms with E-state index < -0.39 is 27.7 Å². The normalized spacial score (nSPS) is 17.6. The Morgan fingerprint density at radius 1 is 0.730 bits per heavy atom. The van der Waals surface area contributed by atoms with Crippen molar-refractivity contribution in [3.05, 3.63) is 83.9 Å². The van der Waals surface area contributed by atoms with E-state index in [1.165, 1.54) is 70.1 Å². The minimum atomic E-state index is -4.86. The van der Waals surface area contributed by atoms with E-state index in [0.717, 1.165) is 61.2 Å². The maximum absolute atomic E-state index is 12.7. The number of sulfonamides is 1. The van der Waals surface area contributed by atoms with Gasteiger partial charge in [-0.15, -0.1) is 13.2 Å². The van der Waals surface area contributed by atoms with Gasteiger partial charge in [0.05, 0.1) is 4.90 Å². The lowest BCUT2D eigenvalue weighted by Crippen LogP contribution is -2.42. The van der Waals surface area contributed by atoms with Crippen molar-refractivity contribution in [3.8, 4) is 5.75 Å². The molecule has 11 nitrogen and oxygen atoms in total. The second kappa shape index (κ2) is 23.4. The summed E-state index contributed by atoms with van der Waals surface area (Å²) in [6.07, 6.45) is 7.99. The van der Waals surface area contributed by atoms with Gasteiger partial charge in [-0.25, -0.2) is 13.2 Å². The van der Waals surface area contributed by atoms with E-state index in [9.17, 15) is 31.2 Å². The molecule has 15 heteroatoms. The first kappa shape index (κ1) is 51.1. The number of hydrogen-bond donors (Lipinski definition) is 2. The zero-order valence-corrected chi connectivity index (χ0v) is 38.8. The van der Waals surface area contributed by atoms with Crippen molar-refractivity contribution in [1.29, 1.82) is 0 Å². The summed E-state index contributed by atoms with van der Waals surface area (Å²) >= 11 is 0. The quantitative estimate of drug-likeness (QED) is 0.0816. The van der Waals surface area contributed by atoms with Crippen LogP contribution in [0.2, 0.25) is 0 Å². The van der Waals surface area contributed by atoms with Crippen LogP contribution < -0.4 is 15.2 Å². The van der Waals surface area contributed by atoms with E-state index in [4.69, 9.17) is 15.2 Å². The number of amides is 1. The molecule has 2 saturated heterocycles. The Labute approximate surface area is 373 Å². The smallest absolute Gasteiger partial charge is 0.460 e. The first-order valence-corrected chi connectivity index (χ1v) is 23.8. The Kier molecular flexibility index (Phi) is 19.0. The molecule has 2 aliphatic rings. The van der Waals surface area contributed by atoms with Gasteiger partial charge in [0.1, 0.15) is 17.0 Å². The Morgan fingerprint density at radius 3 is 1.92 bits per heavy atom. The summed E-state index contributed by atoms with van der Waals surface area (Å²) in [5.74, 6) is 0.0672. The van der Waals surface area contributed by atoms with Gasteiger partial charge in [-0.2, -0.15) is 0 Å². The number of piperidine rings is 2. The summed E-state index contributed by atoms with van der Waals surface area (Å²) in [6, 6.07) is 19.2. The Morgan fingerprint density at radius 2 is 1.30 bits per heavy atom. The fourth-order valence-electron chi connectivity index (χ4n) is 7.86. The summed E-state index contributed by atoms with van der Waals surface area (Å²) in [4.78, 5) is 28.2. The topological polar surface area (TPSA) is 140 Å². The average Bonchev–Trinajstić information content (AvgIpc) is 3.19. The number of anilines is 2. The first-order valence-electron chi connectivity index (χ1n) is 22.3. The highest BCUT2D eigenvalue weighted by molar-refractivity contribution is 7.92. The molecule has 3 aromatic carbocycles. The van der Waals surface area contributed by atoms with E-state index >= 15 is 0 Å². The molecule has 2 atom stereocenters. The summed E-state index contributed by atoms with van der Waals surface area (Å²) in [5, 5.41) is 0. The fraction of sp³-hybridized carbons (Fsp3) is 0.583. The second-order valence-electron chi connectivity index (χ2n) is 18.6. The van der Waals surface area contributed by atoms with Gasteiger partial charge in [0.25, 0.3) is 10.0 Å². The van der Waals surface area contributed by atoms with E-state index in [-0.39, 0.29) is 28.5 Å². The molecule has 63 heavy (non-hydrogen) atoms. The number of carbonyl (C=O) groups is 2. The molecule has 3 N–H and O–H groups in total. The zero-order valence-electron chi connectivity index (χ0n) is 38.0. The lowest BCUT2D eigenvalue weighted by molar-refractivity contribution is -0.274. The molecule has 5 rings (SSSR count). The van der Waals surface area contributed by atoms with Crippen molar-refractivity contribution < 1.29 is 45.4 Å². The molecule has 350 valence electrons. The number of unbranched alkanes of at least 4 members (excludes halogenated alkanes) is 6. The molecular formula is C48H69F3N4O7S. The average molecular weight is 903 g/mol. The number of nitrogen functional groups attached to an aromatic ring is 1. The number of alkyl halides is 3. The van der Waals surface area contributed by atoms with Crippen LogP contribution >= 0.6 is 0 Å². The molecule has 2 unspecified atom stereocenters. The number of nitrogens with one attached hydrogen (secondary N) is 1. The molecule has 0 aliphatic carbocycles. The largest absolute Gasteiger partial charge is 0.573 e. The van der Waals surface area contributed by atoms with Crippen LogP contribution in [-0.2, 0) is 24.3 Å². The fourth-order valence-corrected chi connectivity index (χ4v) is 8.91. The Hall–Kier alpha value is -4.50. The lowest BCUT2D eigenvalue weighted by Gasteiger charge is -2.34. The number of halogens is 3. The number of carbonyl (C=O) groups excluding carboxylic acids is 2. The van der Waals surface area contributed by atoms with Crippen LogP contribution in [0.3, 0.4) is 0 Å². The number of benzene rings is 3. The minimum Gasteiger partial charge on any atom is -0.460 e. The van der Waals surface area contributed by atoms with Crippen molar-refractivity contribution in [2.24, 2.45) is 0 Å². The van der Waals surface area contributed by atoms with Crippen molar-refractivity contribution in [2.45, 2.75) is 153 Å². The van der Waals surface area contributed by atoms with Gasteiger partial charge in [0.15, 0.2) is 0 Å². The molecule has 3 aromatic rings. The van der Waals surface area contributed by atoms with Crippen molar-refractivity contribution >= 4 is 33.5 Å². The molecule has 0 spiro atoms. The third kappa shape index (κ3) is 19.4. The van der Waals surface area contributed by atoms with E-state index in [2.05, 4.69) is 32.6 Å². The van der Waals surface area contributed by atoms with E-state index in [1.54, 1.807) is 43.9 Å². The van der Waals surface area contributed by atoms with Crippen LogP contribution in [0, 0.1) is 0 Å². The number of nitrogens with zero attached hydrogens (tertiary/aromatic N) is 2. The molecule has 2 heterocycles. The van der Waals surface area contributed by atoms with Crippen LogP contribution in [0.1, 0.15) is 142 Å². The monoisotopic (exact) mass is 902 g/mol. The molecule has 2 aliphatic heterocycles. The maximum Gasteiger partial charge on any atom is 0.573 e. The zero-order chi connectivity index (χ0) is 46.3. The minimum absolute atomic E-state index is 0.00419. The summed E-state index contributed by atoms with van der Waals surface area (Å²) in [5.41, 5.74) is 8.46. The molecule has 2 fully saturated rings. The number of hydrogen-bond acceptors (Lipinski definition) is 9. The van der Waals surface area contributed by atoms with Gasteiger partial charge in [-0.1, -0.05) is 56.4 Å². The first-order chi connectivity index (χ1) is 29.5. The molecule has 0 aromatic heterocycles. The molecule has 1 amide bonds. The van der Waals surface area contributed by atoms with Crippen LogP contribution in [0.5, 0.6) is 5.75 Å². The number of ether oxygens (including phenoxy) is 3. The highest BCUT2D eigenvalue weighted by Crippen LogP contribution is 2.31. The van der Waals surface area contributed by atoms with Crippen LogP contribution in [0.15, 0.2) is 77.7 Å². The van der Waals surface area contributed by atoms with Gasteiger partial charge in [0.2, 0.25) is 0 Å². The SMILES string of the molecule is CC(C)(C)OC(=O)CCCCCCCCCN1CCCC(c2cccc(N)c2)C1.CC(C)(C)OC(=O)N1CCCC(c2cccc(NS(=O)(=O)c3ccc(OC(F)(F)F)cc3)c2)C1. The lowest BCUT2D eigenvalue weighted by atomic mass is 9.90. The van der Waals surface area contributed by atoms with Crippen molar-refractivity contribution in [1.82, 2.24) is 9.80 Å². The molecule has 0 saturated carbocycles. The van der Waals surface area contributed by atoms with Crippen molar-refractivity contribution in [2.75, 3.05) is 43.2 Å². The third-order valence-electron chi connectivity index (χ3n) is 10.7. The van der Waals surface area contributed by atoms with Gasteiger partial charge in [-0.3, -0.25) is 9.52 Å². The molecule has 0 radical (unpaired) electrons. The third-order valence-corrected chi connectivity index (χ3v) is 12.1. The summed E-state index contributed by atoms with van der Waals surface area (Å²) in [7, 11) is -4.04. The number of nitrogens with two attached hydrogens (primary N) is 1. The van der Waals surface area contributed by atoms with Crippen molar-refractivity contribution in [3.63, 3.8) is 0 Å². The van der Waals surface area contributed by atoms with Gasteiger partial charge in [0, 0.05) is 43.3 Å². The standard InChI is InChI=1S/C25H42N2O2.C23H27F3N2O5S/c1-25(2,3)29-24(28)16-9-7-5-4-6-8-10-17-27-18-12-14-22(20-27)21-13-11-15-23(26)19-21;1-22(2,3)33-21(29)28-13-5-7-17(15-28)16-6-4-8-18(14-16)27-34(30,31)20-11-9-19(10-12-20)32-23(24,25)26/h11,13,15,19,22H,4-10,12,14,16-18,20,26H2,1-3H3;4,6,8-12,14,17,27H,5,7,13,15H2,1-3H3. The molecular weight excluding hydrogens is 834 g/mol. The van der Waals surface area contributed by atoms with E-state index in [0.29, 0.717) is 31.1 Å². The van der Waals surface area contributed by atoms with E-state index in [1.807, 2.05) is 32.9 Å². The Bertz CT molecular complexity index is 2000. The Balaban J connectivity index is 0.000000280. The predicted molar refractivity (Wildman–Crippen MR) is 242 cm³/mol. The second-order valence-corrected chi connectivity index (χ2v) is 20.3. The number of likely N-dealkylation sites (tertiary alicyclic amines) is 2. The summed E-state index contributed by atoms with van der Waals surface area (Å²) in [6.45, 7) is 15.9. The highest BCUT2D eigenvalue weighted by Gasteiger charge is 2.32.